The van der Waals surface area contributed by atoms with Crippen LogP contribution in [-0.2, 0) is 0 Å². The van der Waals surface area contributed by atoms with Gasteiger partial charge in [-0.25, -0.2) is 4.39 Å². The van der Waals surface area contributed by atoms with Gasteiger partial charge in [0.05, 0.1) is 0 Å². The Kier molecular flexibility index (Phi) is 0.841. The van der Waals surface area contributed by atoms with Crippen LogP contribution in [0.4, 0.5) is 4.39 Å². The van der Waals surface area contributed by atoms with Crippen LogP contribution < -0.4 is 0 Å². The van der Waals surface area contributed by atoms with Gasteiger partial charge in [-0.2, -0.15) is 0 Å². The van der Waals surface area contributed by atoms with E-state index in [2.05, 4.69) is 6.92 Å². The molecule has 0 spiro atoms. The van der Waals surface area contributed by atoms with Gasteiger partial charge in [0.1, 0.15) is 5.67 Å². The van der Waals surface area contributed by atoms with Crippen molar-refractivity contribution in [3.05, 3.63) is 0 Å². The van der Waals surface area contributed by atoms with Crippen molar-refractivity contribution in [3.8, 4) is 0 Å². The van der Waals surface area contributed by atoms with Crippen LogP contribution in [0, 0.1) is 5.41 Å². The summed E-state index contributed by atoms with van der Waals surface area (Å²) in [6.45, 7) is 2.22. The lowest BCUT2D eigenvalue weighted by Gasteiger charge is -2.19. The Bertz CT molecular complexity index is 116. The molecule has 0 heterocycles. The molecule has 2 rings (SSSR count). The maximum atomic E-state index is 13.3. The third-order valence-corrected chi connectivity index (χ3v) is 3.10. The van der Waals surface area contributed by atoms with Gasteiger partial charge in [-0.1, -0.05) is 6.92 Å². The van der Waals surface area contributed by atoms with Gasteiger partial charge in [0.25, 0.3) is 0 Å². The Morgan fingerprint density at radius 3 is 1.78 bits per heavy atom. The van der Waals surface area contributed by atoms with Crippen molar-refractivity contribution in [2.24, 2.45) is 5.41 Å². The van der Waals surface area contributed by atoms with E-state index in [1.54, 1.807) is 0 Å². The van der Waals surface area contributed by atoms with E-state index in [9.17, 15) is 4.39 Å². The maximum Gasteiger partial charge on any atom is 0.111 e. The summed E-state index contributed by atoms with van der Waals surface area (Å²) >= 11 is 0. The zero-order chi connectivity index (χ0) is 6.54. The molecule has 9 heavy (non-hydrogen) atoms. The first-order valence-corrected chi connectivity index (χ1v) is 3.81. The predicted octanol–water partition coefficient (Wildman–Crippen LogP) is 2.68. The molecule has 0 aromatic heterocycles. The molecule has 0 aromatic carbocycles. The van der Waals surface area contributed by atoms with Gasteiger partial charge < -0.3 is 0 Å². The summed E-state index contributed by atoms with van der Waals surface area (Å²) in [4.78, 5) is 0. The Balaban J connectivity index is 2.25. The van der Waals surface area contributed by atoms with E-state index in [0.29, 0.717) is 5.41 Å². The summed E-state index contributed by atoms with van der Waals surface area (Å²) in [5, 5.41) is 0. The molecule has 0 radical (unpaired) electrons. The maximum absolute atomic E-state index is 13.3. The average Bonchev–Trinajstić information content (AvgIpc) is 2.19. The number of alkyl halides is 1. The molecular weight excluding hydrogens is 115 g/mol. The molecule has 2 saturated carbocycles. The summed E-state index contributed by atoms with van der Waals surface area (Å²) in [6, 6.07) is 0. The molecule has 0 atom stereocenters. The first-order valence-electron chi connectivity index (χ1n) is 3.81. The van der Waals surface area contributed by atoms with Crippen LogP contribution in [0.25, 0.3) is 0 Å². The minimum absolute atomic E-state index is 0.398. The second kappa shape index (κ2) is 1.33. The highest BCUT2D eigenvalue weighted by atomic mass is 19.1. The number of fused-ring (bicyclic) bond motifs is 2. The summed E-state index contributed by atoms with van der Waals surface area (Å²) in [7, 11) is 0. The molecule has 0 saturated heterocycles. The van der Waals surface area contributed by atoms with Crippen LogP contribution in [0.3, 0.4) is 0 Å². The molecule has 0 aliphatic heterocycles. The van der Waals surface area contributed by atoms with Gasteiger partial charge >= 0.3 is 0 Å². The summed E-state index contributed by atoms with van der Waals surface area (Å²) in [5.74, 6) is 0. The zero-order valence-electron chi connectivity index (χ0n) is 5.91. The quantitative estimate of drug-likeness (QED) is 0.470. The summed E-state index contributed by atoms with van der Waals surface area (Å²) in [5.41, 5.74) is -0.330. The van der Waals surface area contributed by atoms with Crippen molar-refractivity contribution < 1.29 is 4.39 Å². The van der Waals surface area contributed by atoms with Gasteiger partial charge in [-0.05, 0) is 37.5 Å². The summed E-state index contributed by atoms with van der Waals surface area (Å²) < 4.78 is 13.3. The fourth-order valence-corrected chi connectivity index (χ4v) is 2.42. The molecule has 1 heteroatoms. The highest BCUT2D eigenvalue weighted by Crippen LogP contribution is 2.57. The number of rotatable bonds is 0. The molecule has 0 unspecified atom stereocenters. The van der Waals surface area contributed by atoms with Crippen LogP contribution >= 0.6 is 0 Å². The van der Waals surface area contributed by atoms with Gasteiger partial charge in [-0.3, -0.25) is 0 Å². The van der Waals surface area contributed by atoms with Crippen LogP contribution in [0.2, 0.25) is 0 Å². The molecular formula is C8H13F. The minimum Gasteiger partial charge on any atom is -0.244 e. The van der Waals surface area contributed by atoms with Gasteiger partial charge in [0, 0.05) is 0 Å². The Labute approximate surface area is 55.4 Å². The van der Waals surface area contributed by atoms with E-state index < -0.39 is 5.67 Å². The molecule has 0 amide bonds. The van der Waals surface area contributed by atoms with E-state index in [0.717, 1.165) is 32.1 Å². The first-order chi connectivity index (χ1) is 4.12. The fourth-order valence-electron chi connectivity index (χ4n) is 2.42. The van der Waals surface area contributed by atoms with Crippen LogP contribution in [0.1, 0.15) is 39.0 Å². The minimum atomic E-state index is -0.727. The number of hydrogen-bond donors (Lipinski definition) is 0. The standard InChI is InChI=1S/C8H13F/c1-7-2-4-8(9,6-7)5-3-7/h2-6H2,1H3. The third-order valence-electron chi connectivity index (χ3n) is 3.10. The van der Waals surface area contributed by atoms with E-state index >= 15 is 0 Å². The molecule has 2 fully saturated rings. The van der Waals surface area contributed by atoms with Crippen molar-refractivity contribution in [3.63, 3.8) is 0 Å². The molecule has 52 valence electrons. The van der Waals surface area contributed by atoms with Gasteiger partial charge in [0.2, 0.25) is 0 Å². The third kappa shape index (κ3) is 0.702. The van der Waals surface area contributed by atoms with Crippen molar-refractivity contribution in [2.75, 3.05) is 0 Å². The molecule has 2 aliphatic rings. The van der Waals surface area contributed by atoms with E-state index in [1.807, 2.05) is 0 Å². The van der Waals surface area contributed by atoms with E-state index in [1.165, 1.54) is 0 Å². The molecule has 0 aromatic rings. The lowest BCUT2D eigenvalue weighted by molar-refractivity contribution is 0.176. The highest BCUT2D eigenvalue weighted by molar-refractivity contribution is 5.03. The SMILES string of the molecule is CC12CCC(F)(CC1)C2. The molecule has 0 nitrogen and oxygen atoms in total. The lowest BCUT2D eigenvalue weighted by atomic mass is 9.87. The van der Waals surface area contributed by atoms with Crippen LogP contribution in [-0.4, -0.2) is 5.67 Å². The molecule has 0 N–H and O–H groups in total. The van der Waals surface area contributed by atoms with Crippen LogP contribution in [0.5, 0.6) is 0 Å². The van der Waals surface area contributed by atoms with E-state index in [4.69, 9.17) is 0 Å². The molecule has 2 bridgehead atoms. The topological polar surface area (TPSA) is 0 Å². The smallest absolute Gasteiger partial charge is 0.111 e. The second-order valence-electron chi connectivity index (χ2n) is 4.14. The van der Waals surface area contributed by atoms with Gasteiger partial charge in [-0.15, -0.1) is 0 Å². The normalized spacial score (nSPS) is 56.7. The zero-order valence-corrected chi connectivity index (χ0v) is 5.91. The largest absolute Gasteiger partial charge is 0.244 e. The van der Waals surface area contributed by atoms with Crippen molar-refractivity contribution >= 4 is 0 Å². The predicted molar refractivity (Wildman–Crippen MR) is 35.0 cm³/mol. The average molecular weight is 128 g/mol. The van der Waals surface area contributed by atoms with Crippen molar-refractivity contribution in [1.82, 2.24) is 0 Å². The Morgan fingerprint density at radius 1 is 1.11 bits per heavy atom. The van der Waals surface area contributed by atoms with Crippen LogP contribution in [0.15, 0.2) is 0 Å². The highest BCUT2D eigenvalue weighted by Gasteiger charge is 2.51. The number of hydrogen-bond acceptors (Lipinski definition) is 0. The lowest BCUT2D eigenvalue weighted by Crippen LogP contribution is -2.13. The van der Waals surface area contributed by atoms with Gasteiger partial charge in [0.15, 0.2) is 0 Å². The second-order valence-corrected chi connectivity index (χ2v) is 4.14. The monoisotopic (exact) mass is 128 g/mol. The van der Waals surface area contributed by atoms with Crippen molar-refractivity contribution in [1.29, 1.82) is 0 Å². The first kappa shape index (κ1) is 5.70. The summed E-state index contributed by atoms with van der Waals surface area (Å²) in [6.07, 6.45) is 4.78. The molecule has 2 aliphatic carbocycles. The fraction of sp³-hybridized carbons (Fsp3) is 1.00. The Morgan fingerprint density at radius 2 is 1.67 bits per heavy atom. The van der Waals surface area contributed by atoms with Crippen molar-refractivity contribution in [2.45, 2.75) is 44.7 Å². The Hall–Kier alpha value is -0.0700. The van der Waals surface area contributed by atoms with E-state index in [-0.39, 0.29) is 0 Å². The number of halogens is 1.